The van der Waals surface area contributed by atoms with Crippen molar-refractivity contribution in [3.63, 3.8) is 0 Å². The van der Waals surface area contributed by atoms with Crippen molar-refractivity contribution in [2.75, 3.05) is 6.61 Å². The summed E-state index contributed by atoms with van der Waals surface area (Å²) in [6, 6.07) is 11.9. The lowest BCUT2D eigenvalue weighted by molar-refractivity contribution is 0.100. The van der Waals surface area contributed by atoms with Gasteiger partial charge in [-0.3, -0.25) is 4.98 Å². The Kier molecular flexibility index (Phi) is 6.76. The highest BCUT2D eigenvalue weighted by Crippen LogP contribution is 2.28. The van der Waals surface area contributed by atoms with E-state index in [1.807, 2.05) is 12.1 Å². The molecule has 0 bridgehead atoms. The molecule has 9 heteroatoms. The van der Waals surface area contributed by atoms with E-state index in [-0.39, 0.29) is 12.2 Å². The van der Waals surface area contributed by atoms with Crippen molar-refractivity contribution in [2.24, 2.45) is 5.14 Å². The van der Waals surface area contributed by atoms with Crippen molar-refractivity contribution in [3.05, 3.63) is 78.1 Å². The average molecular weight is 434 g/mol. The van der Waals surface area contributed by atoms with E-state index in [9.17, 15) is 22.3 Å². The smallest absolute Gasteiger partial charge is 0.243 e. The Bertz CT molecular complexity index is 1080. The molecule has 1 atom stereocenters. The van der Waals surface area contributed by atoms with Gasteiger partial charge in [-0.2, -0.15) is 0 Å². The zero-order valence-electron chi connectivity index (χ0n) is 15.8. The van der Waals surface area contributed by atoms with E-state index in [1.54, 1.807) is 36.7 Å². The van der Waals surface area contributed by atoms with Gasteiger partial charge in [0.25, 0.3) is 0 Å². The van der Waals surface area contributed by atoms with Gasteiger partial charge in [-0.05, 0) is 59.9 Å². The predicted octanol–water partition coefficient (Wildman–Crippen LogP) is 3.05. The minimum atomic E-state index is -4.51. The lowest BCUT2D eigenvalue weighted by atomic mass is 10.1. The highest BCUT2D eigenvalue weighted by Gasteiger charge is 2.21. The fraction of sp³-hybridized carbons (Fsp3) is 0.190. The Balaban J connectivity index is 1.61. The number of sulfonamides is 1. The number of hydrogen-bond donors (Lipinski definition) is 2. The summed E-state index contributed by atoms with van der Waals surface area (Å²) < 4.78 is 56.1. The number of aliphatic hydroxyl groups is 1. The summed E-state index contributed by atoms with van der Waals surface area (Å²) in [6.45, 7) is 0.0892. The van der Waals surface area contributed by atoms with Crippen LogP contribution in [0, 0.1) is 11.6 Å². The average Bonchev–Trinajstić information content (AvgIpc) is 2.70. The van der Waals surface area contributed by atoms with Crippen molar-refractivity contribution in [3.8, 4) is 16.9 Å². The third-order valence-electron chi connectivity index (χ3n) is 4.40. The zero-order valence-corrected chi connectivity index (χ0v) is 16.6. The summed E-state index contributed by atoms with van der Waals surface area (Å²) in [7, 11) is -4.51. The number of pyridine rings is 1. The molecule has 6 nitrogen and oxygen atoms in total. The summed E-state index contributed by atoms with van der Waals surface area (Å²) in [5, 5.41) is 14.9. The quantitative estimate of drug-likeness (QED) is 0.567. The lowest BCUT2D eigenvalue weighted by Gasteiger charge is -2.13. The molecular weight excluding hydrogens is 414 g/mol. The molecule has 1 heterocycles. The normalized spacial score (nSPS) is 12.5. The molecule has 0 saturated carbocycles. The molecule has 0 aliphatic carbocycles. The highest BCUT2D eigenvalue weighted by molar-refractivity contribution is 7.89. The van der Waals surface area contributed by atoms with Gasteiger partial charge in [0.1, 0.15) is 24.0 Å². The molecule has 3 N–H and O–H groups in total. The van der Waals surface area contributed by atoms with Crippen LogP contribution in [0.5, 0.6) is 5.75 Å². The molecule has 158 valence electrons. The maximum atomic E-state index is 14.0. The van der Waals surface area contributed by atoms with Crippen LogP contribution in [0.1, 0.15) is 12.0 Å². The van der Waals surface area contributed by atoms with Crippen LogP contribution in [0.4, 0.5) is 8.78 Å². The predicted molar refractivity (Wildman–Crippen MR) is 107 cm³/mol. The third kappa shape index (κ3) is 5.59. The summed E-state index contributed by atoms with van der Waals surface area (Å²) in [4.78, 5) is 2.86. The summed E-state index contributed by atoms with van der Waals surface area (Å²) in [6.07, 6.45) is 3.94. The molecular formula is C21H20F2N2O4S. The first-order chi connectivity index (χ1) is 14.2. The van der Waals surface area contributed by atoms with Gasteiger partial charge in [0.15, 0.2) is 4.90 Å². The Morgan fingerprint density at radius 2 is 1.73 bits per heavy atom. The minimum absolute atomic E-state index is 0.0892. The number of ether oxygens (including phenoxy) is 1. The van der Waals surface area contributed by atoms with Crippen LogP contribution in [0.15, 0.2) is 65.8 Å². The maximum Gasteiger partial charge on any atom is 0.243 e. The fourth-order valence-corrected chi connectivity index (χ4v) is 3.56. The van der Waals surface area contributed by atoms with E-state index in [0.29, 0.717) is 24.2 Å². The second kappa shape index (κ2) is 9.29. The monoisotopic (exact) mass is 434 g/mol. The van der Waals surface area contributed by atoms with Gasteiger partial charge in [-0.15, -0.1) is 0 Å². The molecule has 2 aromatic carbocycles. The first-order valence-electron chi connectivity index (χ1n) is 9.06. The van der Waals surface area contributed by atoms with Crippen LogP contribution in [-0.2, 0) is 16.4 Å². The minimum Gasteiger partial charge on any atom is -0.491 e. The molecule has 0 unspecified atom stereocenters. The summed E-state index contributed by atoms with van der Waals surface area (Å²) in [5.41, 5.74) is 1.63. The van der Waals surface area contributed by atoms with Gasteiger partial charge in [-0.25, -0.2) is 22.3 Å². The Hall–Kier alpha value is -2.88. The largest absolute Gasteiger partial charge is 0.491 e. The number of nitrogens with zero attached hydrogens (tertiary/aromatic N) is 1. The third-order valence-corrected chi connectivity index (χ3v) is 5.36. The SMILES string of the molecule is NS(=O)(=O)c1c(F)cc(-c2ccc(OC[C@H](O)CCc3cccnc3)cc2)cc1F. The standard InChI is InChI=1S/C21H20F2N2O4S/c22-19-10-16(11-20(23)21(19)30(24,27)28)15-4-7-18(8-5-15)29-13-17(26)6-3-14-2-1-9-25-12-14/h1-2,4-5,7-12,17,26H,3,6,13H2,(H2,24,27,28)/t17-/m1/s1. The van der Waals surface area contributed by atoms with E-state index < -0.39 is 32.7 Å². The Morgan fingerprint density at radius 1 is 1.07 bits per heavy atom. The van der Waals surface area contributed by atoms with Crippen LogP contribution < -0.4 is 9.88 Å². The molecule has 0 fully saturated rings. The van der Waals surface area contributed by atoms with Crippen LogP contribution in [-0.4, -0.2) is 31.2 Å². The first kappa shape index (κ1) is 21.8. The maximum absolute atomic E-state index is 14.0. The second-order valence-corrected chi connectivity index (χ2v) is 8.20. The van der Waals surface area contributed by atoms with Crippen molar-refractivity contribution >= 4 is 10.0 Å². The number of nitrogens with two attached hydrogens (primary N) is 1. The lowest BCUT2D eigenvalue weighted by Crippen LogP contribution is -2.18. The number of aryl methyl sites for hydroxylation is 1. The van der Waals surface area contributed by atoms with Crippen LogP contribution in [0.2, 0.25) is 0 Å². The van der Waals surface area contributed by atoms with E-state index in [2.05, 4.69) is 4.98 Å². The molecule has 3 aromatic rings. The van der Waals surface area contributed by atoms with Crippen molar-refractivity contribution in [1.82, 2.24) is 4.98 Å². The number of hydrogen-bond acceptors (Lipinski definition) is 5. The molecule has 0 aliphatic heterocycles. The van der Waals surface area contributed by atoms with Crippen molar-refractivity contribution in [2.45, 2.75) is 23.8 Å². The van der Waals surface area contributed by atoms with Gasteiger partial charge in [0, 0.05) is 12.4 Å². The first-order valence-corrected chi connectivity index (χ1v) is 10.6. The van der Waals surface area contributed by atoms with E-state index in [1.165, 1.54) is 0 Å². The molecule has 0 radical (unpaired) electrons. The van der Waals surface area contributed by atoms with Crippen molar-refractivity contribution < 1.29 is 27.0 Å². The Labute approximate surface area is 173 Å². The van der Waals surface area contributed by atoms with Gasteiger partial charge in [-0.1, -0.05) is 18.2 Å². The van der Waals surface area contributed by atoms with Gasteiger partial charge in [0.2, 0.25) is 10.0 Å². The molecule has 1 aromatic heterocycles. The van der Waals surface area contributed by atoms with Gasteiger partial charge < -0.3 is 9.84 Å². The number of aromatic nitrogens is 1. The number of primary sulfonamides is 1. The molecule has 30 heavy (non-hydrogen) atoms. The molecule has 0 saturated heterocycles. The van der Waals surface area contributed by atoms with E-state index in [4.69, 9.17) is 9.88 Å². The Morgan fingerprint density at radius 3 is 2.30 bits per heavy atom. The van der Waals surface area contributed by atoms with Gasteiger partial charge >= 0.3 is 0 Å². The van der Waals surface area contributed by atoms with Crippen LogP contribution in [0.25, 0.3) is 11.1 Å². The summed E-state index contributed by atoms with van der Waals surface area (Å²) >= 11 is 0. The number of rotatable bonds is 8. The van der Waals surface area contributed by atoms with Gasteiger partial charge in [0.05, 0.1) is 6.10 Å². The fourth-order valence-electron chi connectivity index (χ4n) is 2.90. The van der Waals surface area contributed by atoms with Crippen LogP contribution >= 0.6 is 0 Å². The highest BCUT2D eigenvalue weighted by atomic mass is 32.2. The topological polar surface area (TPSA) is 103 Å². The number of halogens is 2. The molecule has 3 rings (SSSR count). The van der Waals surface area contributed by atoms with Crippen molar-refractivity contribution in [1.29, 1.82) is 0 Å². The van der Waals surface area contributed by atoms with E-state index >= 15 is 0 Å². The zero-order chi connectivity index (χ0) is 21.7. The second-order valence-electron chi connectivity index (χ2n) is 6.70. The van der Waals surface area contributed by atoms with Crippen LogP contribution in [0.3, 0.4) is 0 Å². The molecule has 0 spiro atoms. The molecule has 0 aliphatic rings. The van der Waals surface area contributed by atoms with E-state index in [0.717, 1.165) is 17.7 Å². The molecule has 0 amide bonds. The number of benzene rings is 2. The number of aliphatic hydroxyl groups excluding tert-OH is 1. The summed E-state index contributed by atoms with van der Waals surface area (Å²) in [5.74, 6) is -2.05.